The zero-order valence-electron chi connectivity index (χ0n) is 22.2. The molecule has 1 saturated heterocycles. The molecular weight excluding hydrogens is 506 g/mol. The molecule has 40 heavy (non-hydrogen) atoms. The molecule has 4 aromatic carbocycles. The smallest absolute Gasteiger partial charge is 0.335 e. The first-order chi connectivity index (χ1) is 19.3. The van der Waals surface area contributed by atoms with Crippen molar-refractivity contribution in [2.24, 2.45) is 5.92 Å². The van der Waals surface area contributed by atoms with Crippen LogP contribution in [0.5, 0.6) is 0 Å². The van der Waals surface area contributed by atoms with Gasteiger partial charge < -0.3 is 15.3 Å². The van der Waals surface area contributed by atoms with Gasteiger partial charge in [-0.15, -0.1) is 0 Å². The molecule has 8 heteroatoms. The summed E-state index contributed by atoms with van der Waals surface area (Å²) in [6, 6.07) is 28.2. The van der Waals surface area contributed by atoms with Crippen LogP contribution in [0, 0.1) is 16.0 Å². The molecule has 1 fully saturated rings. The fraction of sp³-hybridized carbons (Fsp3) is 0.250. The lowest BCUT2D eigenvalue weighted by molar-refractivity contribution is -0.384. The van der Waals surface area contributed by atoms with Gasteiger partial charge in [-0.05, 0) is 53.8 Å². The number of piperidine rings is 1. The van der Waals surface area contributed by atoms with E-state index in [-0.39, 0.29) is 29.0 Å². The second-order valence-corrected chi connectivity index (χ2v) is 10.3. The van der Waals surface area contributed by atoms with Crippen LogP contribution in [0.3, 0.4) is 0 Å². The molecule has 3 atom stereocenters. The van der Waals surface area contributed by atoms with Crippen molar-refractivity contribution >= 4 is 28.3 Å². The molecule has 2 unspecified atom stereocenters. The number of amides is 1. The van der Waals surface area contributed by atoms with Gasteiger partial charge >= 0.3 is 5.97 Å². The average molecular weight is 538 g/mol. The van der Waals surface area contributed by atoms with Crippen molar-refractivity contribution in [2.75, 3.05) is 19.6 Å². The third kappa shape index (κ3) is 5.72. The topological polar surface area (TPSA) is 113 Å². The molecule has 5 rings (SSSR count). The highest BCUT2D eigenvalue weighted by atomic mass is 16.6. The summed E-state index contributed by atoms with van der Waals surface area (Å²) in [5.41, 5.74) is 1.68. The second kappa shape index (κ2) is 11.7. The van der Waals surface area contributed by atoms with Gasteiger partial charge in [-0.3, -0.25) is 14.9 Å². The lowest BCUT2D eigenvalue weighted by atomic mass is 9.80. The predicted molar refractivity (Wildman–Crippen MR) is 154 cm³/mol. The first kappa shape index (κ1) is 27.0. The average Bonchev–Trinajstić information content (AvgIpc) is 2.99. The van der Waals surface area contributed by atoms with Crippen LogP contribution in [0.4, 0.5) is 5.69 Å². The highest BCUT2D eigenvalue weighted by Gasteiger charge is 2.33. The number of nitro benzene ring substituents is 1. The Balaban J connectivity index is 1.36. The molecule has 1 amide bonds. The number of carboxylic acid groups (broad SMARTS) is 1. The molecule has 0 radical (unpaired) electrons. The largest absolute Gasteiger partial charge is 0.478 e. The van der Waals surface area contributed by atoms with Crippen LogP contribution in [0.2, 0.25) is 0 Å². The van der Waals surface area contributed by atoms with Gasteiger partial charge in [0.2, 0.25) is 0 Å². The number of carbonyl (C=O) groups is 2. The zero-order chi connectivity index (χ0) is 28.2. The number of aromatic carboxylic acids is 1. The Morgan fingerprint density at radius 2 is 1.70 bits per heavy atom. The summed E-state index contributed by atoms with van der Waals surface area (Å²) in [4.78, 5) is 37.5. The molecule has 1 heterocycles. The normalized spacial score (nSPS) is 17.9. The fourth-order valence-corrected chi connectivity index (χ4v) is 5.72. The number of rotatable bonds is 8. The molecule has 1 aliphatic heterocycles. The number of carbonyl (C=O) groups excluding carboxylic acids is 1. The number of likely N-dealkylation sites (tertiary alicyclic amines) is 1. The molecule has 8 nitrogen and oxygen atoms in total. The summed E-state index contributed by atoms with van der Waals surface area (Å²) in [5.74, 6) is -1.42. The van der Waals surface area contributed by atoms with Crippen molar-refractivity contribution in [1.29, 1.82) is 0 Å². The Bertz CT molecular complexity index is 1520. The van der Waals surface area contributed by atoms with Crippen molar-refractivity contribution in [2.45, 2.75) is 25.3 Å². The monoisotopic (exact) mass is 537 g/mol. The highest BCUT2D eigenvalue weighted by molar-refractivity contribution is 5.98. The molecule has 204 valence electrons. The Morgan fingerprint density at radius 3 is 2.45 bits per heavy atom. The summed E-state index contributed by atoms with van der Waals surface area (Å²) >= 11 is 0. The van der Waals surface area contributed by atoms with E-state index in [1.165, 1.54) is 22.4 Å². The Labute approximate surface area is 232 Å². The van der Waals surface area contributed by atoms with E-state index in [4.69, 9.17) is 0 Å². The van der Waals surface area contributed by atoms with Crippen molar-refractivity contribution in [3.05, 3.63) is 123 Å². The summed E-state index contributed by atoms with van der Waals surface area (Å²) in [6.07, 6.45) is 0.737. The van der Waals surface area contributed by atoms with E-state index >= 15 is 0 Å². The van der Waals surface area contributed by atoms with E-state index in [9.17, 15) is 24.8 Å². The van der Waals surface area contributed by atoms with Crippen molar-refractivity contribution < 1.29 is 19.6 Å². The SMILES string of the molecule is C[C@@H](NCC1CCN(C(=O)c2cc(C(=O)O)cc([N+](=O)[O-])c2)CC1c1ccccc1)c1cccc2ccccc12. The Morgan fingerprint density at radius 1 is 1.00 bits per heavy atom. The van der Waals surface area contributed by atoms with Gasteiger partial charge in [-0.1, -0.05) is 72.8 Å². The van der Waals surface area contributed by atoms with Gasteiger partial charge in [0.05, 0.1) is 10.5 Å². The molecule has 0 aliphatic carbocycles. The van der Waals surface area contributed by atoms with E-state index in [0.29, 0.717) is 13.1 Å². The van der Waals surface area contributed by atoms with Crippen LogP contribution in [0.15, 0.2) is 91.0 Å². The summed E-state index contributed by atoms with van der Waals surface area (Å²) in [7, 11) is 0. The maximum Gasteiger partial charge on any atom is 0.335 e. The molecule has 0 spiro atoms. The number of hydrogen-bond acceptors (Lipinski definition) is 5. The van der Waals surface area contributed by atoms with Crippen LogP contribution >= 0.6 is 0 Å². The number of hydrogen-bond donors (Lipinski definition) is 2. The summed E-state index contributed by atoms with van der Waals surface area (Å²) in [6.45, 7) is 3.83. The maximum absolute atomic E-state index is 13.5. The molecule has 4 aromatic rings. The van der Waals surface area contributed by atoms with Crippen molar-refractivity contribution in [3.8, 4) is 0 Å². The van der Waals surface area contributed by atoms with Gasteiger partial charge in [-0.25, -0.2) is 4.79 Å². The zero-order valence-corrected chi connectivity index (χ0v) is 22.2. The van der Waals surface area contributed by atoms with Crippen LogP contribution in [0.1, 0.15) is 57.1 Å². The van der Waals surface area contributed by atoms with Crippen molar-refractivity contribution in [3.63, 3.8) is 0 Å². The minimum atomic E-state index is -1.31. The van der Waals surface area contributed by atoms with Gasteiger partial charge in [-0.2, -0.15) is 0 Å². The third-order valence-electron chi connectivity index (χ3n) is 7.87. The summed E-state index contributed by atoms with van der Waals surface area (Å²) in [5, 5.41) is 27.0. The number of nitrogens with one attached hydrogen (secondary N) is 1. The van der Waals surface area contributed by atoms with E-state index in [2.05, 4.69) is 60.8 Å². The standard InChI is InChI=1S/C32H31N3O5/c1-21(28-13-7-11-22-10-5-6-12-29(22)28)33-19-24-14-15-34(20-30(24)23-8-3-2-4-9-23)31(36)25-16-26(32(37)38)18-27(17-25)35(39)40/h2-13,16-18,21,24,30,33H,14-15,19-20H2,1H3,(H,37,38)/t21-,24?,30?/m1/s1. The van der Waals surface area contributed by atoms with E-state index in [1.54, 1.807) is 4.90 Å². The lowest BCUT2D eigenvalue weighted by Gasteiger charge is -2.39. The molecular formula is C32H31N3O5. The minimum absolute atomic E-state index is 0.0135. The number of benzene rings is 4. The molecule has 0 bridgehead atoms. The lowest BCUT2D eigenvalue weighted by Crippen LogP contribution is -2.45. The van der Waals surface area contributed by atoms with Crippen LogP contribution in [0.25, 0.3) is 10.8 Å². The fourth-order valence-electron chi connectivity index (χ4n) is 5.72. The third-order valence-corrected chi connectivity index (χ3v) is 7.87. The Hall–Kier alpha value is -4.56. The first-order valence-electron chi connectivity index (χ1n) is 13.4. The molecule has 2 N–H and O–H groups in total. The second-order valence-electron chi connectivity index (χ2n) is 10.3. The van der Waals surface area contributed by atoms with Gasteiger partial charge in [0.1, 0.15) is 0 Å². The van der Waals surface area contributed by atoms with Crippen LogP contribution < -0.4 is 5.32 Å². The van der Waals surface area contributed by atoms with Crippen LogP contribution in [-0.2, 0) is 0 Å². The van der Waals surface area contributed by atoms with Gasteiger partial charge in [0.15, 0.2) is 0 Å². The van der Waals surface area contributed by atoms with E-state index < -0.39 is 22.5 Å². The summed E-state index contributed by atoms with van der Waals surface area (Å²) < 4.78 is 0. The number of non-ortho nitro benzene ring substituents is 1. The van der Waals surface area contributed by atoms with Crippen LogP contribution in [-0.4, -0.2) is 46.4 Å². The maximum atomic E-state index is 13.5. The number of nitro groups is 1. The van der Waals surface area contributed by atoms with Gasteiger partial charge in [0, 0.05) is 42.7 Å². The van der Waals surface area contributed by atoms with Gasteiger partial charge in [0.25, 0.3) is 11.6 Å². The molecule has 0 aromatic heterocycles. The van der Waals surface area contributed by atoms with Crippen molar-refractivity contribution in [1.82, 2.24) is 10.2 Å². The molecule has 0 saturated carbocycles. The molecule has 1 aliphatic rings. The highest BCUT2D eigenvalue weighted by Crippen LogP contribution is 2.34. The number of nitrogens with zero attached hydrogens (tertiary/aromatic N) is 2. The quantitative estimate of drug-likeness (QED) is 0.209. The van der Waals surface area contributed by atoms with E-state index in [0.717, 1.165) is 30.7 Å². The van der Waals surface area contributed by atoms with E-state index in [1.807, 2.05) is 24.3 Å². The first-order valence-corrected chi connectivity index (χ1v) is 13.4. The number of fused-ring (bicyclic) bond motifs is 1. The predicted octanol–water partition coefficient (Wildman–Crippen LogP) is 6.04. The Kier molecular flexibility index (Phi) is 7.89. The number of carboxylic acids is 1. The minimum Gasteiger partial charge on any atom is -0.478 e.